The zero-order valence-corrected chi connectivity index (χ0v) is 18.5. The van der Waals surface area contributed by atoms with Gasteiger partial charge in [-0.15, -0.1) is 0 Å². The summed E-state index contributed by atoms with van der Waals surface area (Å²) in [5, 5.41) is 0.322. The Morgan fingerprint density at radius 2 is 1.81 bits per heavy atom. The van der Waals surface area contributed by atoms with Crippen LogP contribution in [0.3, 0.4) is 0 Å². The second-order valence-corrected chi connectivity index (χ2v) is 8.59. The SMILES string of the molecule is CCOC(=O)C(c1cc(Cl)c(OCC2CC2)c(-c2ccc(C(F)(F)F)cc2)c1)C(C)C. The molecule has 0 spiro atoms. The van der Waals surface area contributed by atoms with Crippen molar-refractivity contribution < 1.29 is 27.4 Å². The third-order valence-corrected chi connectivity index (χ3v) is 5.60. The zero-order chi connectivity index (χ0) is 22.8. The monoisotopic (exact) mass is 454 g/mol. The molecule has 1 atom stereocenters. The number of alkyl halides is 3. The molecular weight excluding hydrogens is 429 g/mol. The van der Waals surface area contributed by atoms with E-state index in [2.05, 4.69) is 0 Å². The van der Waals surface area contributed by atoms with Crippen molar-refractivity contribution in [2.24, 2.45) is 11.8 Å². The largest absolute Gasteiger partial charge is 0.491 e. The fourth-order valence-electron chi connectivity index (χ4n) is 3.50. The van der Waals surface area contributed by atoms with Gasteiger partial charge in [0, 0.05) is 5.56 Å². The van der Waals surface area contributed by atoms with E-state index < -0.39 is 17.7 Å². The zero-order valence-electron chi connectivity index (χ0n) is 17.8. The number of ether oxygens (including phenoxy) is 2. The van der Waals surface area contributed by atoms with E-state index in [1.165, 1.54) is 12.1 Å². The molecule has 0 N–H and O–H groups in total. The summed E-state index contributed by atoms with van der Waals surface area (Å²) in [6.07, 6.45) is -2.25. The number of hydrogen-bond acceptors (Lipinski definition) is 3. The van der Waals surface area contributed by atoms with Gasteiger partial charge in [0.1, 0.15) is 5.75 Å². The highest BCUT2D eigenvalue weighted by Crippen LogP contribution is 2.43. The van der Waals surface area contributed by atoms with Crippen LogP contribution in [0.5, 0.6) is 5.75 Å². The van der Waals surface area contributed by atoms with Crippen molar-refractivity contribution >= 4 is 17.6 Å². The average molecular weight is 455 g/mol. The topological polar surface area (TPSA) is 35.5 Å². The number of carbonyl (C=O) groups excluding carboxylic acids is 1. The minimum atomic E-state index is -4.42. The van der Waals surface area contributed by atoms with Gasteiger partial charge in [0.05, 0.1) is 29.7 Å². The van der Waals surface area contributed by atoms with Gasteiger partial charge in [-0.25, -0.2) is 0 Å². The molecule has 0 bridgehead atoms. The van der Waals surface area contributed by atoms with Crippen LogP contribution in [0, 0.1) is 11.8 Å². The molecule has 0 aromatic heterocycles. The first-order valence-corrected chi connectivity index (χ1v) is 10.8. The first-order valence-electron chi connectivity index (χ1n) is 10.4. The Labute approximate surface area is 185 Å². The number of esters is 1. The third-order valence-electron chi connectivity index (χ3n) is 5.32. The summed E-state index contributed by atoms with van der Waals surface area (Å²) in [6.45, 7) is 6.31. The lowest BCUT2D eigenvalue weighted by Crippen LogP contribution is -2.21. The van der Waals surface area contributed by atoms with Gasteiger partial charge >= 0.3 is 12.1 Å². The highest BCUT2D eigenvalue weighted by atomic mass is 35.5. The van der Waals surface area contributed by atoms with Crippen molar-refractivity contribution in [3.63, 3.8) is 0 Å². The first kappa shape index (κ1) is 23.5. The number of hydrogen-bond donors (Lipinski definition) is 0. The van der Waals surface area contributed by atoms with Gasteiger partial charge in [-0.2, -0.15) is 13.2 Å². The predicted molar refractivity (Wildman–Crippen MR) is 114 cm³/mol. The summed E-state index contributed by atoms with van der Waals surface area (Å²) in [6, 6.07) is 8.34. The van der Waals surface area contributed by atoms with Gasteiger partial charge in [-0.05, 0) is 67.0 Å². The van der Waals surface area contributed by atoms with Gasteiger partial charge in [0.15, 0.2) is 0 Å². The van der Waals surface area contributed by atoms with Crippen LogP contribution in [0.1, 0.15) is 50.7 Å². The van der Waals surface area contributed by atoms with E-state index >= 15 is 0 Å². The number of halogens is 4. The molecule has 3 nitrogen and oxygen atoms in total. The molecule has 1 unspecified atom stereocenters. The molecular formula is C24H26ClF3O3. The van der Waals surface area contributed by atoms with Crippen LogP contribution in [-0.2, 0) is 15.7 Å². The molecule has 7 heteroatoms. The molecule has 1 aliphatic carbocycles. The van der Waals surface area contributed by atoms with Crippen LogP contribution in [0.4, 0.5) is 13.2 Å². The van der Waals surface area contributed by atoms with E-state index in [-0.39, 0.29) is 18.5 Å². The Morgan fingerprint density at radius 3 is 2.32 bits per heavy atom. The van der Waals surface area contributed by atoms with Crippen LogP contribution >= 0.6 is 11.6 Å². The third kappa shape index (κ3) is 5.73. The number of benzene rings is 2. The van der Waals surface area contributed by atoms with Crippen LogP contribution in [0.15, 0.2) is 36.4 Å². The Hall–Kier alpha value is -2.21. The minimum absolute atomic E-state index is 0.0613. The lowest BCUT2D eigenvalue weighted by atomic mass is 9.86. The average Bonchev–Trinajstić information content (AvgIpc) is 3.51. The first-order chi connectivity index (χ1) is 14.6. The predicted octanol–water partition coefficient (Wildman–Crippen LogP) is 7.12. The lowest BCUT2D eigenvalue weighted by molar-refractivity contribution is -0.146. The smallest absolute Gasteiger partial charge is 0.416 e. The van der Waals surface area contributed by atoms with Gasteiger partial charge in [-0.3, -0.25) is 4.79 Å². The highest BCUT2D eigenvalue weighted by molar-refractivity contribution is 6.32. The van der Waals surface area contributed by atoms with Gasteiger partial charge in [0.25, 0.3) is 0 Å². The van der Waals surface area contributed by atoms with Gasteiger partial charge < -0.3 is 9.47 Å². The van der Waals surface area contributed by atoms with Crippen molar-refractivity contribution in [2.45, 2.75) is 45.7 Å². The van der Waals surface area contributed by atoms with Crippen LogP contribution in [-0.4, -0.2) is 19.2 Å². The van der Waals surface area contributed by atoms with Crippen LogP contribution in [0.25, 0.3) is 11.1 Å². The molecule has 1 saturated carbocycles. The Balaban J connectivity index is 2.07. The molecule has 0 heterocycles. The van der Waals surface area contributed by atoms with E-state index in [1.807, 2.05) is 13.8 Å². The van der Waals surface area contributed by atoms with Crippen molar-refractivity contribution in [3.05, 3.63) is 52.5 Å². The molecule has 0 radical (unpaired) electrons. The second kappa shape index (κ2) is 9.51. The molecule has 0 amide bonds. The number of rotatable bonds is 8. The van der Waals surface area contributed by atoms with Crippen molar-refractivity contribution in [1.82, 2.24) is 0 Å². The van der Waals surface area contributed by atoms with Crippen LogP contribution in [0.2, 0.25) is 5.02 Å². The van der Waals surface area contributed by atoms with Gasteiger partial charge in [-0.1, -0.05) is 37.6 Å². The molecule has 1 aliphatic rings. The van der Waals surface area contributed by atoms with Crippen molar-refractivity contribution in [1.29, 1.82) is 0 Å². The molecule has 2 aromatic carbocycles. The second-order valence-electron chi connectivity index (χ2n) is 8.18. The maximum atomic E-state index is 13.0. The van der Waals surface area contributed by atoms with Gasteiger partial charge in [0.2, 0.25) is 0 Å². The van der Waals surface area contributed by atoms with E-state index in [9.17, 15) is 18.0 Å². The molecule has 1 fully saturated rings. The maximum Gasteiger partial charge on any atom is 0.416 e. The lowest BCUT2D eigenvalue weighted by Gasteiger charge is -2.22. The summed E-state index contributed by atoms with van der Waals surface area (Å²) in [5.41, 5.74) is 1.01. The Morgan fingerprint density at radius 1 is 1.16 bits per heavy atom. The molecule has 31 heavy (non-hydrogen) atoms. The van der Waals surface area contributed by atoms with E-state index in [0.717, 1.165) is 25.0 Å². The Bertz CT molecular complexity index is 919. The normalized spacial score (nSPS) is 15.1. The van der Waals surface area contributed by atoms with E-state index in [0.29, 0.717) is 40.0 Å². The summed E-state index contributed by atoms with van der Waals surface area (Å²) in [7, 11) is 0. The van der Waals surface area contributed by atoms with Crippen molar-refractivity contribution in [2.75, 3.05) is 13.2 Å². The van der Waals surface area contributed by atoms with E-state index in [4.69, 9.17) is 21.1 Å². The molecule has 2 aromatic rings. The van der Waals surface area contributed by atoms with E-state index in [1.54, 1.807) is 19.1 Å². The summed E-state index contributed by atoms with van der Waals surface area (Å²) < 4.78 is 50.2. The van der Waals surface area contributed by atoms with Crippen LogP contribution < -0.4 is 4.74 Å². The fourth-order valence-corrected chi connectivity index (χ4v) is 3.79. The molecule has 3 rings (SSSR count). The standard InChI is InChI=1S/C24H26ClF3O3/c1-4-30-23(29)21(14(2)3)17-11-19(16-7-9-18(10-8-16)24(26,27)28)22(20(25)12-17)31-13-15-5-6-15/h7-12,14-15,21H,4-6,13H2,1-3H3. The minimum Gasteiger partial charge on any atom is -0.491 e. The quantitative estimate of drug-likeness (QED) is 0.398. The highest BCUT2D eigenvalue weighted by Gasteiger charge is 2.31. The Kier molecular flexibility index (Phi) is 7.20. The maximum absolute atomic E-state index is 13.0. The molecule has 168 valence electrons. The number of carbonyl (C=O) groups is 1. The fraction of sp³-hybridized carbons (Fsp3) is 0.458. The van der Waals surface area contributed by atoms with Crippen molar-refractivity contribution in [3.8, 4) is 16.9 Å². The summed E-state index contributed by atoms with van der Waals surface area (Å²) in [4.78, 5) is 12.6. The molecule has 0 aliphatic heterocycles. The summed E-state index contributed by atoms with van der Waals surface area (Å²) >= 11 is 6.57. The summed E-state index contributed by atoms with van der Waals surface area (Å²) in [5.74, 6) is -0.0851. The molecule has 0 saturated heterocycles.